The molecule has 1 aliphatic rings. The van der Waals surface area contributed by atoms with Crippen molar-refractivity contribution in [2.75, 3.05) is 13.1 Å². The number of hydrogen-bond acceptors (Lipinski definition) is 3. The zero-order chi connectivity index (χ0) is 16.0. The van der Waals surface area contributed by atoms with E-state index < -0.39 is 6.36 Å². The third-order valence-corrected chi connectivity index (χ3v) is 3.62. The lowest BCUT2D eigenvalue weighted by atomic mass is 10.0. The van der Waals surface area contributed by atoms with E-state index in [1.165, 1.54) is 18.2 Å². The van der Waals surface area contributed by atoms with Crippen LogP contribution in [0, 0.1) is 5.92 Å². The number of alkyl halides is 3. The Bertz CT molecular complexity index is 506. The predicted octanol–water partition coefficient (Wildman–Crippen LogP) is 3.01. The van der Waals surface area contributed by atoms with Gasteiger partial charge in [-0.3, -0.25) is 4.79 Å². The summed E-state index contributed by atoms with van der Waals surface area (Å²) in [6.45, 7) is 1.93. The van der Waals surface area contributed by atoms with E-state index in [2.05, 4.69) is 15.4 Å². The number of hydrogen-bond donors (Lipinski definition) is 2. The van der Waals surface area contributed by atoms with Crippen molar-refractivity contribution >= 4 is 18.3 Å². The molecule has 0 radical (unpaired) electrons. The molecule has 130 valence electrons. The molecular formula is C15H20ClF3N2O2. The molecule has 0 saturated carbocycles. The molecule has 2 rings (SSSR count). The van der Waals surface area contributed by atoms with Gasteiger partial charge in [0, 0.05) is 18.5 Å². The second-order valence-corrected chi connectivity index (χ2v) is 5.33. The average molecular weight is 353 g/mol. The molecule has 0 aromatic heterocycles. The Morgan fingerprint density at radius 3 is 2.74 bits per heavy atom. The zero-order valence-corrected chi connectivity index (χ0v) is 13.3. The molecule has 23 heavy (non-hydrogen) atoms. The van der Waals surface area contributed by atoms with Crippen molar-refractivity contribution in [3.63, 3.8) is 0 Å². The summed E-state index contributed by atoms with van der Waals surface area (Å²) in [6, 6.07) is 5.80. The van der Waals surface area contributed by atoms with Crippen LogP contribution in [0.3, 0.4) is 0 Å². The number of benzene rings is 1. The SMILES string of the molecule is Cl.O=C(CCC1CCNC1)NCc1ccccc1OC(F)(F)F. The molecule has 0 spiro atoms. The minimum Gasteiger partial charge on any atom is -0.405 e. The highest BCUT2D eigenvalue weighted by molar-refractivity contribution is 5.85. The Morgan fingerprint density at radius 2 is 2.09 bits per heavy atom. The summed E-state index contributed by atoms with van der Waals surface area (Å²) in [7, 11) is 0. The third-order valence-electron chi connectivity index (χ3n) is 3.62. The number of halogens is 4. The second-order valence-electron chi connectivity index (χ2n) is 5.33. The summed E-state index contributed by atoms with van der Waals surface area (Å²) in [5.41, 5.74) is 0.302. The van der Waals surface area contributed by atoms with Gasteiger partial charge in [-0.1, -0.05) is 18.2 Å². The summed E-state index contributed by atoms with van der Waals surface area (Å²) in [6.07, 6.45) is -2.50. The molecule has 1 unspecified atom stereocenters. The molecule has 8 heteroatoms. The Morgan fingerprint density at radius 1 is 1.35 bits per heavy atom. The van der Waals surface area contributed by atoms with Gasteiger partial charge in [-0.2, -0.15) is 0 Å². The van der Waals surface area contributed by atoms with Crippen LogP contribution in [0.4, 0.5) is 13.2 Å². The molecule has 4 nitrogen and oxygen atoms in total. The highest BCUT2D eigenvalue weighted by atomic mass is 35.5. The first-order valence-electron chi connectivity index (χ1n) is 7.25. The van der Waals surface area contributed by atoms with Crippen LogP contribution in [0.5, 0.6) is 5.75 Å². The third kappa shape index (κ3) is 7.09. The Balaban J connectivity index is 0.00000264. The van der Waals surface area contributed by atoms with Gasteiger partial charge in [0.2, 0.25) is 5.91 Å². The van der Waals surface area contributed by atoms with Crippen LogP contribution >= 0.6 is 12.4 Å². The fourth-order valence-electron chi connectivity index (χ4n) is 2.45. The Hall–Kier alpha value is -1.47. The van der Waals surface area contributed by atoms with E-state index in [9.17, 15) is 18.0 Å². The van der Waals surface area contributed by atoms with Crippen LogP contribution in [0.1, 0.15) is 24.8 Å². The summed E-state index contributed by atoms with van der Waals surface area (Å²) >= 11 is 0. The quantitative estimate of drug-likeness (QED) is 0.827. The molecule has 2 N–H and O–H groups in total. The van der Waals surface area contributed by atoms with Crippen LogP contribution in [-0.2, 0) is 11.3 Å². The van der Waals surface area contributed by atoms with Gasteiger partial charge in [0.05, 0.1) is 0 Å². The molecule has 1 aromatic carbocycles. The van der Waals surface area contributed by atoms with E-state index in [4.69, 9.17) is 0 Å². The molecule has 1 heterocycles. The minimum absolute atomic E-state index is 0. The van der Waals surface area contributed by atoms with Crippen molar-refractivity contribution in [1.29, 1.82) is 0 Å². The van der Waals surface area contributed by atoms with Gasteiger partial charge in [-0.05, 0) is 37.9 Å². The van der Waals surface area contributed by atoms with E-state index in [-0.39, 0.29) is 30.6 Å². The molecule has 0 bridgehead atoms. The minimum atomic E-state index is -4.74. The number of ether oxygens (including phenoxy) is 1. The number of carbonyl (C=O) groups excluding carboxylic acids is 1. The lowest BCUT2D eigenvalue weighted by Gasteiger charge is -2.14. The largest absolute Gasteiger partial charge is 0.573 e. The van der Waals surface area contributed by atoms with Crippen molar-refractivity contribution in [2.24, 2.45) is 5.92 Å². The smallest absolute Gasteiger partial charge is 0.405 e. The molecule has 1 aliphatic heterocycles. The summed E-state index contributed by atoms with van der Waals surface area (Å²) in [5, 5.41) is 5.87. The van der Waals surface area contributed by atoms with Gasteiger partial charge in [0.1, 0.15) is 5.75 Å². The molecule has 1 amide bonds. The molecule has 1 saturated heterocycles. The van der Waals surface area contributed by atoms with Gasteiger partial charge >= 0.3 is 6.36 Å². The van der Waals surface area contributed by atoms with Crippen LogP contribution in [0.2, 0.25) is 0 Å². The highest BCUT2D eigenvalue weighted by Crippen LogP contribution is 2.26. The summed E-state index contributed by atoms with van der Waals surface area (Å²) < 4.78 is 40.8. The normalized spacial score (nSPS) is 17.4. The number of para-hydroxylation sites is 1. The highest BCUT2D eigenvalue weighted by Gasteiger charge is 2.31. The van der Waals surface area contributed by atoms with Crippen molar-refractivity contribution in [1.82, 2.24) is 10.6 Å². The maximum atomic E-state index is 12.3. The Kier molecular flexibility index (Phi) is 7.64. The number of nitrogens with one attached hydrogen (secondary N) is 2. The number of amides is 1. The Labute approximate surface area is 139 Å². The monoisotopic (exact) mass is 352 g/mol. The van der Waals surface area contributed by atoms with E-state index in [1.54, 1.807) is 6.07 Å². The molecule has 1 atom stereocenters. The van der Waals surface area contributed by atoms with E-state index in [1.807, 2.05) is 0 Å². The maximum absolute atomic E-state index is 12.3. The van der Waals surface area contributed by atoms with Gasteiger partial charge in [-0.15, -0.1) is 25.6 Å². The van der Waals surface area contributed by atoms with Gasteiger partial charge < -0.3 is 15.4 Å². The zero-order valence-electron chi connectivity index (χ0n) is 12.5. The van der Waals surface area contributed by atoms with Crippen LogP contribution in [0.25, 0.3) is 0 Å². The molecule has 0 aliphatic carbocycles. The summed E-state index contributed by atoms with van der Waals surface area (Å²) in [4.78, 5) is 11.8. The van der Waals surface area contributed by atoms with E-state index in [0.29, 0.717) is 17.9 Å². The predicted molar refractivity (Wildman–Crippen MR) is 82.4 cm³/mol. The topological polar surface area (TPSA) is 50.4 Å². The van der Waals surface area contributed by atoms with Crippen LogP contribution in [-0.4, -0.2) is 25.4 Å². The fraction of sp³-hybridized carbons (Fsp3) is 0.533. The van der Waals surface area contributed by atoms with Crippen LogP contribution in [0.15, 0.2) is 24.3 Å². The van der Waals surface area contributed by atoms with Crippen molar-refractivity contribution < 1.29 is 22.7 Å². The van der Waals surface area contributed by atoms with E-state index >= 15 is 0 Å². The molecular weight excluding hydrogens is 333 g/mol. The first-order valence-corrected chi connectivity index (χ1v) is 7.25. The van der Waals surface area contributed by atoms with Crippen molar-refractivity contribution in [2.45, 2.75) is 32.2 Å². The fourth-order valence-corrected chi connectivity index (χ4v) is 2.45. The van der Waals surface area contributed by atoms with Crippen molar-refractivity contribution in [3.8, 4) is 5.75 Å². The summed E-state index contributed by atoms with van der Waals surface area (Å²) in [5.74, 6) is 0.0654. The van der Waals surface area contributed by atoms with Gasteiger partial charge in [0.25, 0.3) is 0 Å². The van der Waals surface area contributed by atoms with Crippen LogP contribution < -0.4 is 15.4 Å². The lowest BCUT2D eigenvalue weighted by Crippen LogP contribution is -2.25. The molecule has 1 aromatic rings. The number of rotatable bonds is 6. The standard InChI is InChI=1S/C15H19F3N2O2.ClH/c16-15(17,18)22-13-4-2-1-3-12(13)10-20-14(21)6-5-11-7-8-19-9-11;/h1-4,11,19H,5-10H2,(H,20,21);1H. The maximum Gasteiger partial charge on any atom is 0.573 e. The van der Waals surface area contributed by atoms with E-state index in [0.717, 1.165) is 25.9 Å². The number of carbonyl (C=O) groups is 1. The molecule has 1 fully saturated rings. The van der Waals surface area contributed by atoms with Crippen molar-refractivity contribution in [3.05, 3.63) is 29.8 Å². The first-order chi connectivity index (χ1) is 10.4. The lowest BCUT2D eigenvalue weighted by molar-refractivity contribution is -0.274. The van der Waals surface area contributed by atoms with Gasteiger partial charge in [-0.25, -0.2) is 0 Å². The first kappa shape index (κ1) is 19.6. The second kappa shape index (κ2) is 8.98. The average Bonchev–Trinajstić information content (AvgIpc) is 2.96. The van der Waals surface area contributed by atoms with Gasteiger partial charge in [0.15, 0.2) is 0 Å².